The summed E-state index contributed by atoms with van der Waals surface area (Å²) in [6, 6.07) is 0. The number of hydrogen-bond acceptors (Lipinski definition) is 2. The second-order valence-corrected chi connectivity index (χ2v) is 2.81. The number of carbonyl (C=O) groups excluding carboxylic acids is 2. The third-order valence-corrected chi connectivity index (χ3v) is 0.858. The summed E-state index contributed by atoms with van der Waals surface area (Å²) in [6.45, 7) is 0. The topological polar surface area (TPSA) is 46.2 Å². The zero-order valence-corrected chi connectivity index (χ0v) is 8.21. The summed E-state index contributed by atoms with van der Waals surface area (Å²) in [5, 5.41) is 2.14. The summed E-state index contributed by atoms with van der Waals surface area (Å²) in [5.74, 6) is -0.296. The van der Waals surface area contributed by atoms with Crippen LogP contribution < -0.4 is 17.7 Å². The molecule has 1 N–H and O–H groups in total. The molecule has 1 saturated heterocycles. The Bertz CT molecular complexity index is 127. The predicted octanol–water partition coefficient (Wildman–Crippen LogP) is -3.51. The van der Waals surface area contributed by atoms with E-state index in [1.165, 1.54) is 11.8 Å². The number of amides is 2. The number of nitrogens with one attached hydrogen (secondary N) is 1. The molecule has 11 heavy (non-hydrogen) atoms. The summed E-state index contributed by atoms with van der Waals surface area (Å²) in [4.78, 5) is 20.2. The average Bonchev–Trinajstić information content (AvgIpc) is 2.17. The van der Waals surface area contributed by atoms with Crippen molar-refractivity contribution in [2.24, 2.45) is 0 Å². The van der Waals surface area contributed by atoms with Crippen LogP contribution in [0.25, 0.3) is 0 Å². The Balaban J connectivity index is 0. The lowest BCUT2D eigenvalue weighted by Gasteiger charge is -1.79. The molecular formula is C6H12ClNO2S. The van der Waals surface area contributed by atoms with E-state index >= 15 is 0 Å². The number of carbonyl (C=O) groups is 2. The van der Waals surface area contributed by atoms with Gasteiger partial charge < -0.3 is 12.4 Å². The van der Waals surface area contributed by atoms with Gasteiger partial charge in [-0.15, -0.1) is 0 Å². The van der Waals surface area contributed by atoms with Crippen LogP contribution in [-0.2, 0) is 21.4 Å². The minimum atomic E-state index is -0.148. The molecular weight excluding hydrogens is 186 g/mol. The van der Waals surface area contributed by atoms with E-state index in [9.17, 15) is 9.59 Å². The molecule has 1 aliphatic rings. The average molecular weight is 198 g/mol. The molecule has 0 saturated carbocycles. The van der Waals surface area contributed by atoms with Gasteiger partial charge in [0.25, 0.3) is 0 Å². The Morgan fingerprint density at radius 1 is 1.18 bits per heavy atom. The number of hydrogen-bond donors (Lipinski definition) is 1. The van der Waals surface area contributed by atoms with Crippen LogP contribution in [0.5, 0.6) is 0 Å². The molecule has 0 radical (unpaired) electrons. The molecule has 0 aromatic heterocycles. The van der Waals surface area contributed by atoms with Gasteiger partial charge in [-0.3, -0.25) is 14.9 Å². The Labute approximate surface area is 76.7 Å². The summed E-state index contributed by atoms with van der Waals surface area (Å²) < 4.78 is 0. The van der Waals surface area contributed by atoms with Gasteiger partial charge in [0, 0.05) is 12.8 Å². The Kier molecular flexibility index (Phi) is 9.58. The molecule has 2 amide bonds. The molecule has 66 valence electrons. The molecule has 1 rings (SSSR count). The molecule has 0 unspecified atom stereocenters. The fourth-order valence-electron chi connectivity index (χ4n) is 0.508. The Morgan fingerprint density at radius 2 is 1.45 bits per heavy atom. The van der Waals surface area contributed by atoms with E-state index in [-0.39, 0.29) is 24.2 Å². The van der Waals surface area contributed by atoms with Crippen molar-refractivity contribution in [2.75, 3.05) is 12.5 Å². The number of thiol groups is 1. The normalized spacial score (nSPS) is 14.4. The van der Waals surface area contributed by atoms with Crippen LogP contribution >= 0.6 is 0 Å². The fourth-order valence-corrected chi connectivity index (χ4v) is 0.508. The highest BCUT2D eigenvalue weighted by atomic mass is 35.5. The number of rotatable bonds is 0. The van der Waals surface area contributed by atoms with E-state index in [1.807, 2.05) is 0 Å². The first kappa shape index (κ1) is 13.4. The van der Waals surface area contributed by atoms with E-state index < -0.39 is 0 Å². The quantitative estimate of drug-likeness (QED) is 0.249. The molecule has 0 bridgehead atoms. The van der Waals surface area contributed by atoms with Crippen molar-refractivity contribution in [2.45, 2.75) is 12.8 Å². The molecule has 5 heteroatoms. The Morgan fingerprint density at radius 3 is 1.55 bits per heavy atom. The van der Waals surface area contributed by atoms with Crippen LogP contribution in [0.15, 0.2) is 0 Å². The summed E-state index contributed by atoms with van der Waals surface area (Å²) in [6.07, 6.45) is 4.94. The maximum Gasteiger partial charge on any atom is 0.227 e. The summed E-state index contributed by atoms with van der Waals surface area (Å²) in [7, 11) is 0. The van der Waals surface area contributed by atoms with E-state index in [1.54, 1.807) is 0 Å². The van der Waals surface area contributed by atoms with Gasteiger partial charge in [-0.25, -0.2) is 0 Å². The van der Waals surface area contributed by atoms with Crippen molar-refractivity contribution in [3.8, 4) is 0 Å². The molecule has 0 aliphatic carbocycles. The third kappa shape index (κ3) is 7.68. The van der Waals surface area contributed by atoms with Crippen LogP contribution in [0.1, 0.15) is 12.8 Å². The number of imide groups is 1. The maximum atomic E-state index is 10.1. The standard InChI is InChI=1S/C4H5NO2.C2H6S.ClH/c6-3-1-2-4(7)5-3;1-3-2;/h1-2H2,(H,5,6,7);1-2H3;1H. The summed E-state index contributed by atoms with van der Waals surface area (Å²) >= 11 is 1.42. The van der Waals surface area contributed by atoms with Gasteiger partial charge in [0.15, 0.2) is 0 Å². The fraction of sp³-hybridized carbons (Fsp3) is 0.667. The van der Waals surface area contributed by atoms with Crippen LogP contribution in [0.2, 0.25) is 0 Å². The van der Waals surface area contributed by atoms with Gasteiger partial charge in [0.2, 0.25) is 11.8 Å². The van der Waals surface area contributed by atoms with Gasteiger partial charge in [0.1, 0.15) is 0 Å². The SMILES string of the molecule is C[SH+]C.O=C1CCC(=O)N1.[Cl-]. The van der Waals surface area contributed by atoms with Crippen LogP contribution in [0.3, 0.4) is 0 Å². The first-order valence-corrected chi connectivity index (χ1v) is 4.80. The molecule has 1 heterocycles. The van der Waals surface area contributed by atoms with Gasteiger partial charge in [0.05, 0.1) is 12.5 Å². The molecule has 0 spiro atoms. The van der Waals surface area contributed by atoms with Gasteiger partial charge in [-0.05, 0) is 11.8 Å². The largest absolute Gasteiger partial charge is 1.00 e. The smallest absolute Gasteiger partial charge is 0.227 e. The van der Waals surface area contributed by atoms with Crippen LogP contribution in [-0.4, -0.2) is 24.3 Å². The predicted molar refractivity (Wildman–Crippen MR) is 43.0 cm³/mol. The maximum absolute atomic E-state index is 10.1. The lowest BCUT2D eigenvalue weighted by atomic mass is 10.4. The van der Waals surface area contributed by atoms with Gasteiger partial charge >= 0.3 is 0 Å². The van der Waals surface area contributed by atoms with Crippen LogP contribution in [0.4, 0.5) is 0 Å². The monoisotopic (exact) mass is 197 g/mol. The van der Waals surface area contributed by atoms with Crippen molar-refractivity contribution in [3.63, 3.8) is 0 Å². The molecule has 1 fully saturated rings. The Hall–Kier alpha value is -0.220. The summed E-state index contributed by atoms with van der Waals surface area (Å²) in [5.41, 5.74) is 0. The van der Waals surface area contributed by atoms with E-state index in [4.69, 9.17) is 0 Å². The van der Waals surface area contributed by atoms with Gasteiger partial charge in [-0.2, -0.15) is 0 Å². The van der Waals surface area contributed by atoms with E-state index in [0.29, 0.717) is 12.8 Å². The second kappa shape index (κ2) is 7.88. The van der Waals surface area contributed by atoms with Crippen molar-refractivity contribution in [3.05, 3.63) is 0 Å². The zero-order valence-electron chi connectivity index (χ0n) is 6.56. The van der Waals surface area contributed by atoms with Crippen molar-refractivity contribution < 1.29 is 22.0 Å². The van der Waals surface area contributed by atoms with Crippen molar-refractivity contribution in [1.82, 2.24) is 5.32 Å². The highest BCUT2D eigenvalue weighted by molar-refractivity contribution is 7.76. The van der Waals surface area contributed by atoms with Crippen molar-refractivity contribution in [1.29, 1.82) is 0 Å². The van der Waals surface area contributed by atoms with E-state index in [2.05, 4.69) is 17.8 Å². The van der Waals surface area contributed by atoms with E-state index in [0.717, 1.165) is 0 Å². The first-order chi connectivity index (χ1) is 4.70. The minimum absolute atomic E-state index is 0. The molecule has 1 aliphatic heterocycles. The first-order valence-electron chi connectivity index (χ1n) is 3.01. The van der Waals surface area contributed by atoms with Gasteiger partial charge in [-0.1, -0.05) is 0 Å². The molecule has 0 aromatic carbocycles. The highest BCUT2D eigenvalue weighted by Gasteiger charge is 2.15. The lowest BCUT2D eigenvalue weighted by Crippen LogP contribution is -3.00. The highest BCUT2D eigenvalue weighted by Crippen LogP contribution is 1.95. The number of halogens is 1. The molecule has 0 aromatic rings. The van der Waals surface area contributed by atoms with Crippen molar-refractivity contribution >= 4 is 23.6 Å². The minimum Gasteiger partial charge on any atom is -1.00 e. The molecule has 0 atom stereocenters. The van der Waals surface area contributed by atoms with Crippen LogP contribution in [0, 0.1) is 0 Å². The molecule has 3 nitrogen and oxygen atoms in total. The zero-order chi connectivity index (χ0) is 7.98. The second-order valence-electron chi connectivity index (χ2n) is 1.92. The third-order valence-electron chi connectivity index (χ3n) is 0.858. The lowest BCUT2D eigenvalue weighted by molar-refractivity contribution is -0.124.